The molecule has 2 N–H and O–H groups in total. The highest BCUT2D eigenvalue weighted by atomic mass is 16.4. The molecule has 3 nitrogen and oxygen atoms in total. The van der Waals surface area contributed by atoms with E-state index in [0.717, 1.165) is 19.3 Å². The van der Waals surface area contributed by atoms with Gasteiger partial charge >= 0.3 is 5.97 Å². The first-order chi connectivity index (χ1) is 6.10. The summed E-state index contributed by atoms with van der Waals surface area (Å²) in [5, 5.41) is 18.7. The predicted octanol–water partition coefficient (Wildman–Crippen LogP) is 1.40. The smallest absolute Gasteiger partial charge is 0.303 e. The van der Waals surface area contributed by atoms with E-state index in [0.29, 0.717) is 18.3 Å². The zero-order valence-corrected chi connectivity index (χ0v) is 7.70. The first-order valence-corrected chi connectivity index (χ1v) is 5.04. The molecule has 0 aromatic rings. The summed E-state index contributed by atoms with van der Waals surface area (Å²) in [6.07, 6.45) is 4.85. The molecular weight excluding hydrogens is 168 g/mol. The second kappa shape index (κ2) is 2.98. The molecule has 0 spiro atoms. The number of fused-ring (bicyclic) bond motifs is 2. The molecule has 0 aromatic heterocycles. The van der Waals surface area contributed by atoms with Gasteiger partial charge in [-0.25, -0.2) is 0 Å². The highest BCUT2D eigenvalue weighted by molar-refractivity contribution is 5.66. The lowest BCUT2D eigenvalue weighted by molar-refractivity contribution is -0.139. The van der Waals surface area contributed by atoms with Gasteiger partial charge in [-0.3, -0.25) is 4.79 Å². The van der Waals surface area contributed by atoms with Crippen molar-refractivity contribution in [2.24, 2.45) is 11.8 Å². The van der Waals surface area contributed by atoms with Crippen molar-refractivity contribution in [3.63, 3.8) is 0 Å². The maximum absolute atomic E-state index is 10.4. The van der Waals surface area contributed by atoms with Gasteiger partial charge in [0, 0.05) is 6.42 Å². The Morgan fingerprint density at radius 2 is 2.23 bits per heavy atom. The van der Waals surface area contributed by atoms with Gasteiger partial charge in [-0.15, -0.1) is 0 Å². The zero-order chi connectivity index (χ0) is 9.47. The Morgan fingerprint density at radius 3 is 2.69 bits per heavy atom. The predicted molar refractivity (Wildman–Crippen MR) is 47.3 cm³/mol. The monoisotopic (exact) mass is 184 g/mol. The Kier molecular flexibility index (Phi) is 2.06. The molecule has 3 atom stereocenters. The topological polar surface area (TPSA) is 57.5 Å². The fourth-order valence-electron chi connectivity index (χ4n) is 3.04. The van der Waals surface area contributed by atoms with Gasteiger partial charge in [0.15, 0.2) is 0 Å². The van der Waals surface area contributed by atoms with Gasteiger partial charge in [0.1, 0.15) is 0 Å². The van der Waals surface area contributed by atoms with E-state index >= 15 is 0 Å². The Morgan fingerprint density at radius 1 is 1.46 bits per heavy atom. The van der Waals surface area contributed by atoms with E-state index in [9.17, 15) is 9.90 Å². The maximum atomic E-state index is 10.4. The third-order valence-electron chi connectivity index (χ3n) is 3.72. The molecule has 3 heteroatoms. The molecule has 2 aliphatic rings. The summed E-state index contributed by atoms with van der Waals surface area (Å²) in [5.74, 6) is 0.261. The fraction of sp³-hybridized carbons (Fsp3) is 0.900. The van der Waals surface area contributed by atoms with Gasteiger partial charge in [-0.2, -0.15) is 0 Å². The molecule has 0 saturated heterocycles. The minimum absolute atomic E-state index is 0.111. The van der Waals surface area contributed by atoms with Crippen LogP contribution in [0.4, 0.5) is 0 Å². The molecule has 74 valence electrons. The summed E-state index contributed by atoms with van der Waals surface area (Å²) >= 11 is 0. The van der Waals surface area contributed by atoms with E-state index < -0.39 is 11.6 Å². The number of aliphatic carboxylic acids is 1. The van der Waals surface area contributed by atoms with Crippen LogP contribution >= 0.6 is 0 Å². The first-order valence-electron chi connectivity index (χ1n) is 5.04. The number of hydrogen-bond donors (Lipinski definition) is 2. The minimum Gasteiger partial charge on any atom is -0.481 e. The average Bonchev–Trinajstić information content (AvgIpc) is 2.60. The first kappa shape index (κ1) is 9.00. The number of aliphatic hydroxyl groups is 1. The summed E-state index contributed by atoms with van der Waals surface area (Å²) in [7, 11) is 0. The van der Waals surface area contributed by atoms with Gasteiger partial charge in [0.05, 0.1) is 5.60 Å². The molecular formula is C10H16O3. The van der Waals surface area contributed by atoms with E-state index in [-0.39, 0.29) is 6.42 Å². The van der Waals surface area contributed by atoms with Crippen LogP contribution in [0.25, 0.3) is 0 Å². The number of carboxylic acid groups (broad SMARTS) is 1. The third-order valence-corrected chi connectivity index (χ3v) is 3.72. The Balaban J connectivity index is 1.93. The van der Waals surface area contributed by atoms with Gasteiger partial charge in [0.25, 0.3) is 0 Å². The van der Waals surface area contributed by atoms with E-state index in [1.54, 1.807) is 0 Å². The van der Waals surface area contributed by atoms with Crippen molar-refractivity contribution in [1.29, 1.82) is 0 Å². The van der Waals surface area contributed by atoms with E-state index in [4.69, 9.17) is 5.11 Å². The molecule has 2 saturated carbocycles. The Bertz CT molecular complexity index is 226. The standard InChI is InChI=1S/C10H16O3/c11-9(12)3-4-10(13)6-7-1-2-8(10)5-7/h7-8,13H,1-6H2,(H,11,12). The van der Waals surface area contributed by atoms with E-state index in [2.05, 4.69) is 0 Å². The normalized spacial score (nSPS) is 42.5. The van der Waals surface area contributed by atoms with E-state index in [1.165, 1.54) is 6.42 Å². The van der Waals surface area contributed by atoms with Crippen molar-refractivity contribution in [1.82, 2.24) is 0 Å². The second-order valence-electron chi connectivity index (χ2n) is 4.58. The van der Waals surface area contributed by atoms with Crippen LogP contribution < -0.4 is 0 Å². The molecule has 0 radical (unpaired) electrons. The van der Waals surface area contributed by atoms with Gasteiger partial charge in [0.2, 0.25) is 0 Å². The van der Waals surface area contributed by atoms with Crippen LogP contribution in [-0.4, -0.2) is 21.8 Å². The van der Waals surface area contributed by atoms with Crippen LogP contribution in [0.2, 0.25) is 0 Å². The molecule has 0 aromatic carbocycles. The maximum Gasteiger partial charge on any atom is 0.303 e. The summed E-state index contributed by atoms with van der Waals surface area (Å²) < 4.78 is 0. The molecule has 2 aliphatic carbocycles. The van der Waals surface area contributed by atoms with Gasteiger partial charge in [-0.05, 0) is 43.9 Å². The van der Waals surface area contributed by atoms with Crippen LogP contribution in [0.1, 0.15) is 38.5 Å². The van der Waals surface area contributed by atoms with Crippen LogP contribution in [0, 0.1) is 11.8 Å². The van der Waals surface area contributed by atoms with Crippen LogP contribution in [0.15, 0.2) is 0 Å². The molecule has 0 aliphatic heterocycles. The number of rotatable bonds is 3. The Hall–Kier alpha value is -0.570. The molecule has 0 heterocycles. The largest absolute Gasteiger partial charge is 0.481 e. The second-order valence-corrected chi connectivity index (χ2v) is 4.58. The zero-order valence-electron chi connectivity index (χ0n) is 7.70. The lowest BCUT2D eigenvalue weighted by atomic mass is 9.81. The van der Waals surface area contributed by atoms with Crippen molar-refractivity contribution < 1.29 is 15.0 Å². The molecule has 2 fully saturated rings. The summed E-state index contributed by atoms with van der Waals surface area (Å²) in [4.78, 5) is 10.4. The minimum atomic E-state index is -0.795. The fourth-order valence-corrected chi connectivity index (χ4v) is 3.04. The summed E-state index contributed by atoms with van der Waals surface area (Å²) in [5.41, 5.74) is -0.638. The quantitative estimate of drug-likeness (QED) is 0.697. The SMILES string of the molecule is O=C(O)CCC1(O)CC2CCC1C2. The van der Waals surface area contributed by atoms with Crippen LogP contribution in [0.3, 0.4) is 0 Å². The van der Waals surface area contributed by atoms with Crippen molar-refractivity contribution in [3.05, 3.63) is 0 Å². The average molecular weight is 184 g/mol. The number of carboxylic acids is 1. The van der Waals surface area contributed by atoms with Crippen molar-refractivity contribution >= 4 is 5.97 Å². The Labute approximate surface area is 77.8 Å². The molecule has 2 rings (SSSR count). The third kappa shape index (κ3) is 1.57. The van der Waals surface area contributed by atoms with Crippen molar-refractivity contribution in [2.45, 2.75) is 44.1 Å². The van der Waals surface area contributed by atoms with Gasteiger partial charge in [-0.1, -0.05) is 0 Å². The molecule has 13 heavy (non-hydrogen) atoms. The van der Waals surface area contributed by atoms with Gasteiger partial charge < -0.3 is 10.2 Å². The highest BCUT2D eigenvalue weighted by Crippen LogP contribution is 2.52. The lowest BCUT2D eigenvalue weighted by Crippen LogP contribution is -2.35. The summed E-state index contributed by atoms with van der Waals surface area (Å²) in [6.45, 7) is 0. The molecule has 0 amide bonds. The highest BCUT2D eigenvalue weighted by Gasteiger charge is 2.49. The van der Waals surface area contributed by atoms with Crippen LogP contribution in [0.5, 0.6) is 0 Å². The lowest BCUT2D eigenvalue weighted by Gasteiger charge is -2.31. The summed E-state index contributed by atoms with van der Waals surface area (Å²) in [6, 6.07) is 0. The molecule has 2 bridgehead atoms. The molecule has 3 unspecified atom stereocenters. The number of carbonyl (C=O) groups is 1. The van der Waals surface area contributed by atoms with Crippen molar-refractivity contribution in [3.8, 4) is 0 Å². The van der Waals surface area contributed by atoms with Crippen LogP contribution in [-0.2, 0) is 4.79 Å². The number of hydrogen-bond acceptors (Lipinski definition) is 2. The van der Waals surface area contributed by atoms with E-state index in [1.807, 2.05) is 0 Å². The van der Waals surface area contributed by atoms with Crippen molar-refractivity contribution in [2.75, 3.05) is 0 Å².